The van der Waals surface area contributed by atoms with Gasteiger partial charge in [0.15, 0.2) is 0 Å². The van der Waals surface area contributed by atoms with Crippen LogP contribution in [-0.2, 0) is 0 Å². The van der Waals surface area contributed by atoms with Crippen LogP contribution in [0.25, 0.3) is 0 Å². The molecule has 0 bridgehead atoms. The van der Waals surface area contributed by atoms with Gasteiger partial charge in [0.25, 0.3) is 0 Å². The molecule has 0 aromatic rings. The standard InChI is InChI=1S/C9H16O/c1-6-3-4-7-8(10)5-9(6,7)2/h6-8,10H,3-5H2,1-2H3. The molecule has 0 saturated heterocycles. The van der Waals surface area contributed by atoms with Gasteiger partial charge in [-0.15, -0.1) is 0 Å². The van der Waals surface area contributed by atoms with Gasteiger partial charge in [0.1, 0.15) is 0 Å². The molecule has 2 rings (SSSR count). The van der Waals surface area contributed by atoms with Crippen LogP contribution in [0, 0.1) is 17.3 Å². The Morgan fingerprint density at radius 2 is 2.10 bits per heavy atom. The van der Waals surface area contributed by atoms with Gasteiger partial charge in [0.05, 0.1) is 6.10 Å². The van der Waals surface area contributed by atoms with Crippen LogP contribution in [0.3, 0.4) is 0 Å². The van der Waals surface area contributed by atoms with Crippen LogP contribution in [0.2, 0.25) is 0 Å². The average Bonchev–Trinajstić information content (AvgIpc) is 2.06. The highest BCUT2D eigenvalue weighted by atomic mass is 16.3. The monoisotopic (exact) mass is 140 g/mol. The number of hydrogen-bond donors (Lipinski definition) is 1. The van der Waals surface area contributed by atoms with Crippen LogP contribution in [0.5, 0.6) is 0 Å². The summed E-state index contributed by atoms with van der Waals surface area (Å²) in [7, 11) is 0. The van der Waals surface area contributed by atoms with E-state index in [1.807, 2.05) is 0 Å². The van der Waals surface area contributed by atoms with E-state index in [1.54, 1.807) is 0 Å². The average molecular weight is 140 g/mol. The van der Waals surface area contributed by atoms with Crippen LogP contribution in [-0.4, -0.2) is 11.2 Å². The summed E-state index contributed by atoms with van der Waals surface area (Å²) in [6.45, 7) is 4.66. The van der Waals surface area contributed by atoms with E-state index in [4.69, 9.17) is 0 Å². The molecule has 0 aliphatic heterocycles. The predicted molar refractivity (Wildman–Crippen MR) is 40.6 cm³/mol. The van der Waals surface area contributed by atoms with Gasteiger partial charge in [-0.3, -0.25) is 0 Å². The van der Waals surface area contributed by atoms with E-state index < -0.39 is 0 Å². The molecule has 0 amide bonds. The Kier molecular flexibility index (Phi) is 1.17. The van der Waals surface area contributed by atoms with E-state index in [0.717, 1.165) is 12.3 Å². The molecule has 10 heavy (non-hydrogen) atoms. The lowest BCUT2D eigenvalue weighted by Gasteiger charge is -2.49. The Morgan fingerprint density at radius 1 is 1.40 bits per heavy atom. The topological polar surface area (TPSA) is 20.2 Å². The fourth-order valence-electron chi connectivity index (χ4n) is 2.87. The number of aliphatic hydroxyl groups excluding tert-OH is 1. The minimum absolute atomic E-state index is 0.0370. The molecular formula is C9H16O. The van der Waals surface area contributed by atoms with Crippen LogP contribution in [0.1, 0.15) is 33.1 Å². The zero-order chi connectivity index (χ0) is 7.35. The van der Waals surface area contributed by atoms with Gasteiger partial charge in [-0.05, 0) is 36.5 Å². The van der Waals surface area contributed by atoms with Gasteiger partial charge in [-0.2, -0.15) is 0 Å². The maximum Gasteiger partial charge on any atom is 0.0579 e. The Balaban J connectivity index is 2.16. The third-order valence-corrected chi connectivity index (χ3v) is 4.00. The summed E-state index contributed by atoms with van der Waals surface area (Å²) in [5, 5.41) is 9.40. The lowest BCUT2D eigenvalue weighted by atomic mass is 9.58. The van der Waals surface area contributed by atoms with Crippen LogP contribution < -0.4 is 0 Å². The van der Waals surface area contributed by atoms with Crippen molar-refractivity contribution in [2.24, 2.45) is 17.3 Å². The van der Waals surface area contributed by atoms with Gasteiger partial charge >= 0.3 is 0 Å². The molecule has 0 aromatic heterocycles. The first-order chi connectivity index (χ1) is 4.64. The fourth-order valence-corrected chi connectivity index (χ4v) is 2.87. The fraction of sp³-hybridized carbons (Fsp3) is 1.00. The molecule has 2 saturated carbocycles. The van der Waals surface area contributed by atoms with Crippen molar-refractivity contribution < 1.29 is 5.11 Å². The number of hydrogen-bond acceptors (Lipinski definition) is 1. The first kappa shape index (κ1) is 6.66. The van der Waals surface area contributed by atoms with E-state index in [-0.39, 0.29) is 6.10 Å². The number of fused-ring (bicyclic) bond motifs is 1. The van der Waals surface area contributed by atoms with Gasteiger partial charge in [-0.25, -0.2) is 0 Å². The molecule has 1 heteroatoms. The normalized spacial score (nSPS) is 59.7. The third kappa shape index (κ3) is 0.572. The van der Waals surface area contributed by atoms with E-state index >= 15 is 0 Å². The van der Waals surface area contributed by atoms with Gasteiger partial charge in [-0.1, -0.05) is 13.8 Å². The highest BCUT2D eigenvalue weighted by Gasteiger charge is 2.55. The van der Waals surface area contributed by atoms with Crippen molar-refractivity contribution in [2.45, 2.75) is 39.2 Å². The molecule has 1 nitrogen and oxygen atoms in total. The molecule has 1 N–H and O–H groups in total. The maximum atomic E-state index is 9.40. The van der Waals surface area contributed by atoms with E-state index in [2.05, 4.69) is 13.8 Å². The summed E-state index contributed by atoms with van der Waals surface area (Å²) in [4.78, 5) is 0. The Bertz CT molecular complexity index is 155. The minimum atomic E-state index is 0.0370. The van der Waals surface area contributed by atoms with Crippen molar-refractivity contribution in [3.8, 4) is 0 Å². The van der Waals surface area contributed by atoms with Crippen molar-refractivity contribution in [2.75, 3.05) is 0 Å². The molecular weight excluding hydrogens is 124 g/mol. The quantitative estimate of drug-likeness (QED) is 0.544. The summed E-state index contributed by atoms with van der Waals surface area (Å²) in [6.07, 6.45) is 3.69. The lowest BCUT2D eigenvalue weighted by Crippen LogP contribution is -2.48. The highest BCUT2D eigenvalue weighted by molar-refractivity contribution is 5.05. The molecule has 0 aromatic carbocycles. The minimum Gasteiger partial charge on any atom is -0.393 e. The molecule has 58 valence electrons. The van der Waals surface area contributed by atoms with Crippen molar-refractivity contribution in [3.05, 3.63) is 0 Å². The zero-order valence-electron chi connectivity index (χ0n) is 6.80. The Hall–Kier alpha value is -0.0400. The van der Waals surface area contributed by atoms with Gasteiger partial charge in [0, 0.05) is 0 Å². The van der Waals surface area contributed by atoms with E-state index in [1.165, 1.54) is 12.8 Å². The van der Waals surface area contributed by atoms with Crippen molar-refractivity contribution in [3.63, 3.8) is 0 Å². The van der Waals surface area contributed by atoms with Crippen LogP contribution in [0.15, 0.2) is 0 Å². The molecule has 4 unspecified atom stereocenters. The van der Waals surface area contributed by atoms with Gasteiger partial charge < -0.3 is 5.11 Å². The SMILES string of the molecule is CC1CCC2C(O)CC12C. The molecule has 0 radical (unpaired) electrons. The van der Waals surface area contributed by atoms with E-state index in [9.17, 15) is 5.11 Å². The summed E-state index contributed by atoms with van der Waals surface area (Å²) in [6, 6.07) is 0. The second kappa shape index (κ2) is 1.76. The van der Waals surface area contributed by atoms with Gasteiger partial charge in [0.2, 0.25) is 0 Å². The van der Waals surface area contributed by atoms with E-state index in [0.29, 0.717) is 11.3 Å². The second-order valence-corrected chi connectivity index (χ2v) is 4.36. The molecule has 2 aliphatic rings. The van der Waals surface area contributed by atoms with Crippen molar-refractivity contribution in [1.29, 1.82) is 0 Å². The predicted octanol–water partition coefficient (Wildman–Crippen LogP) is 1.80. The van der Waals surface area contributed by atoms with Crippen molar-refractivity contribution >= 4 is 0 Å². The van der Waals surface area contributed by atoms with Crippen LogP contribution >= 0.6 is 0 Å². The largest absolute Gasteiger partial charge is 0.393 e. The maximum absolute atomic E-state index is 9.40. The molecule has 0 heterocycles. The molecule has 0 spiro atoms. The first-order valence-corrected chi connectivity index (χ1v) is 4.32. The Morgan fingerprint density at radius 3 is 2.50 bits per heavy atom. The summed E-state index contributed by atoms with van der Waals surface area (Å²) >= 11 is 0. The molecule has 2 aliphatic carbocycles. The second-order valence-electron chi connectivity index (χ2n) is 4.36. The molecule has 2 fully saturated rings. The zero-order valence-corrected chi connectivity index (χ0v) is 6.80. The van der Waals surface area contributed by atoms with Crippen LogP contribution in [0.4, 0.5) is 0 Å². The number of rotatable bonds is 0. The highest BCUT2D eigenvalue weighted by Crippen LogP contribution is 2.59. The summed E-state index contributed by atoms with van der Waals surface area (Å²) < 4.78 is 0. The molecule has 4 atom stereocenters. The summed E-state index contributed by atoms with van der Waals surface area (Å²) in [5.74, 6) is 1.49. The first-order valence-electron chi connectivity index (χ1n) is 4.32. The smallest absolute Gasteiger partial charge is 0.0579 e. The lowest BCUT2D eigenvalue weighted by molar-refractivity contribution is -0.0938. The Labute approximate surface area is 62.4 Å². The third-order valence-electron chi connectivity index (χ3n) is 4.00. The summed E-state index contributed by atoms with van der Waals surface area (Å²) in [5.41, 5.74) is 0.513. The van der Waals surface area contributed by atoms with Crippen molar-refractivity contribution in [1.82, 2.24) is 0 Å². The number of aliphatic hydroxyl groups is 1.